The Bertz CT molecular complexity index is 690. The van der Waals surface area contributed by atoms with E-state index in [4.69, 9.17) is 0 Å². The number of aromatic nitrogens is 2. The van der Waals surface area contributed by atoms with Crippen molar-refractivity contribution in [2.75, 3.05) is 11.1 Å². The zero-order valence-corrected chi connectivity index (χ0v) is 14.0. The number of benzene rings is 1. The number of anilines is 1. The fraction of sp³-hybridized carbons (Fsp3) is 0.0833. The first-order valence-corrected chi connectivity index (χ1v) is 8.05. The number of aromatic amines is 1. The van der Waals surface area contributed by atoms with E-state index < -0.39 is 0 Å². The van der Waals surface area contributed by atoms with Crippen molar-refractivity contribution < 1.29 is 4.79 Å². The van der Waals surface area contributed by atoms with E-state index in [9.17, 15) is 9.59 Å². The second-order valence-electron chi connectivity index (χ2n) is 3.70. The van der Waals surface area contributed by atoms with E-state index in [1.54, 1.807) is 6.07 Å². The van der Waals surface area contributed by atoms with Gasteiger partial charge in [-0.3, -0.25) is 9.59 Å². The lowest BCUT2D eigenvalue weighted by molar-refractivity contribution is -0.113. The summed E-state index contributed by atoms with van der Waals surface area (Å²) in [5.41, 5.74) is 0.442. The van der Waals surface area contributed by atoms with Crippen molar-refractivity contribution in [3.8, 4) is 0 Å². The molecule has 0 atom stereocenters. The average molecular weight is 419 g/mol. The van der Waals surface area contributed by atoms with Crippen LogP contribution in [0.2, 0.25) is 0 Å². The second-order valence-corrected chi connectivity index (χ2v) is 6.43. The van der Waals surface area contributed by atoms with Gasteiger partial charge in [-0.2, -0.15) is 0 Å². The maximum absolute atomic E-state index is 11.8. The topological polar surface area (TPSA) is 74.8 Å². The van der Waals surface area contributed by atoms with Crippen LogP contribution in [0.4, 0.5) is 5.69 Å². The molecule has 0 aliphatic carbocycles. The van der Waals surface area contributed by atoms with Crippen LogP contribution < -0.4 is 10.9 Å². The highest BCUT2D eigenvalue weighted by Gasteiger charge is 2.07. The molecule has 2 rings (SSSR count). The molecule has 1 aromatic heterocycles. The summed E-state index contributed by atoms with van der Waals surface area (Å²) in [4.78, 5) is 29.4. The molecule has 0 bridgehead atoms. The number of hydrogen-bond donors (Lipinski definition) is 2. The molecule has 20 heavy (non-hydrogen) atoms. The highest BCUT2D eigenvalue weighted by atomic mass is 79.9. The SMILES string of the molecule is O=C(CSc1nccc(=O)[nH]1)Nc1cc(Br)ccc1Br. The maximum atomic E-state index is 11.8. The van der Waals surface area contributed by atoms with Crippen molar-refractivity contribution in [1.82, 2.24) is 9.97 Å². The summed E-state index contributed by atoms with van der Waals surface area (Å²) in [6.45, 7) is 0. The lowest BCUT2D eigenvalue weighted by Gasteiger charge is -2.07. The van der Waals surface area contributed by atoms with E-state index in [2.05, 4.69) is 47.1 Å². The molecule has 8 heteroatoms. The Morgan fingerprint density at radius 2 is 2.15 bits per heavy atom. The molecule has 0 saturated heterocycles. The fourth-order valence-corrected chi connectivity index (χ4v) is 2.69. The number of H-pyrrole nitrogens is 1. The van der Waals surface area contributed by atoms with Gasteiger partial charge < -0.3 is 10.3 Å². The molecule has 2 aromatic rings. The number of rotatable bonds is 4. The Kier molecular flexibility index (Phi) is 5.38. The van der Waals surface area contributed by atoms with Crippen LogP contribution in [0.25, 0.3) is 0 Å². The Morgan fingerprint density at radius 1 is 1.35 bits per heavy atom. The number of thioether (sulfide) groups is 1. The Labute approximate surface area is 135 Å². The predicted molar refractivity (Wildman–Crippen MR) is 86.1 cm³/mol. The number of hydrogen-bond acceptors (Lipinski definition) is 4. The minimum Gasteiger partial charge on any atom is -0.324 e. The summed E-state index contributed by atoms with van der Waals surface area (Å²) in [5.74, 6) is -0.0216. The predicted octanol–water partition coefficient (Wildman–Crippen LogP) is 3.03. The van der Waals surface area contributed by atoms with Crippen LogP contribution in [0.5, 0.6) is 0 Å². The second kappa shape index (κ2) is 7.05. The molecule has 0 radical (unpaired) electrons. The van der Waals surface area contributed by atoms with Gasteiger partial charge in [0.15, 0.2) is 5.16 Å². The number of carbonyl (C=O) groups is 1. The average Bonchev–Trinajstić information content (AvgIpc) is 2.41. The molecule has 0 aliphatic heterocycles. The molecule has 2 N–H and O–H groups in total. The van der Waals surface area contributed by atoms with Gasteiger partial charge in [0.05, 0.1) is 11.4 Å². The highest BCUT2D eigenvalue weighted by Crippen LogP contribution is 2.26. The first-order chi connectivity index (χ1) is 9.54. The van der Waals surface area contributed by atoms with E-state index >= 15 is 0 Å². The van der Waals surface area contributed by atoms with Crippen molar-refractivity contribution in [3.63, 3.8) is 0 Å². The third-order valence-electron chi connectivity index (χ3n) is 2.19. The van der Waals surface area contributed by atoms with E-state index in [1.165, 1.54) is 24.0 Å². The van der Waals surface area contributed by atoms with Crippen molar-refractivity contribution >= 4 is 55.2 Å². The minimum atomic E-state index is -0.238. The number of amides is 1. The molecule has 1 heterocycles. The monoisotopic (exact) mass is 417 g/mol. The Morgan fingerprint density at radius 3 is 2.90 bits per heavy atom. The molecule has 0 saturated carbocycles. The van der Waals surface area contributed by atoms with Crippen LogP contribution in [0.3, 0.4) is 0 Å². The highest BCUT2D eigenvalue weighted by molar-refractivity contribution is 9.11. The van der Waals surface area contributed by atoms with Crippen molar-refractivity contribution in [1.29, 1.82) is 0 Å². The third kappa shape index (κ3) is 4.46. The number of halogens is 2. The standard InChI is InChI=1S/C12H9Br2N3O2S/c13-7-1-2-8(14)9(5-7)16-11(19)6-20-12-15-4-3-10(18)17-12/h1-5H,6H2,(H,16,19)(H,15,17,18). The molecule has 1 aromatic carbocycles. The molecular formula is C12H9Br2N3O2S. The fourth-order valence-electron chi connectivity index (χ4n) is 1.34. The van der Waals surface area contributed by atoms with Crippen LogP contribution in [0.1, 0.15) is 0 Å². The summed E-state index contributed by atoms with van der Waals surface area (Å²) < 4.78 is 1.67. The van der Waals surface area contributed by atoms with Gasteiger partial charge in [0.2, 0.25) is 5.91 Å². The van der Waals surface area contributed by atoms with Crippen molar-refractivity contribution in [2.45, 2.75) is 5.16 Å². The molecule has 0 fully saturated rings. The molecular weight excluding hydrogens is 410 g/mol. The molecule has 5 nitrogen and oxygen atoms in total. The van der Waals surface area contributed by atoms with Gasteiger partial charge >= 0.3 is 0 Å². The van der Waals surface area contributed by atoms with Gasteiger partial charge in [0.1, 0.15) is 0 Å². The van der Waals surface area contributed by atoms with Gasteiger partial charge in [0.25, 0.3) is 5.56 Å². The first-order valence-electron chi connectivity index (χ1n) is 5.47. The third-order valence-corrected chi connectivity index (χ3v) is 4.26. The van der Waals surface area contributed by atoms with E-state index in [0.29, 0.717) is 10.8 Å². The Hall–Kier alpha value is -1.12. The minimum absolute atomic E-state index is 0.159. The lowest BCUT2D eigenvalue weighted by atomic mass is 10.3. The van der Waals surface area contributed by atoms with Crippen LogP contribution in [0, 0.1) is 0 Å². The smallest absolute Gasteiger partial charge is 0.251 e. The molecule has 104 valence electrons. The summed E-state index contributed by atoms with van der Waals surface area (Å²) in [5, 5.41) is 3.20. The van der Waals surface area contributed by atoms with Crippen molar-refractivity contribution in [2.24, 2.45) is 0 Å². The number of nitrogens with one attached hydrogen (secondary N) is 2. The molecule has 0 aliphatic rings. The maximum Gasteiger partial charge on any atom is 0.251 e. The molecule has 0 spiro atoms. The van der Waals surface area contributed by atoms with Gasteiger partial charge in [-0.25, -0.2) is 4.98 Å². The Balaban J connectivity index is 1.96. The van der Waals surface area contributed by atoms with Crippen LogP contribution in [0.15, 0.2) is 49.4 Å². The first kappa shape index (κ1) is 15.3. The van der Waals surface area contributed by atoms with Crippen LogP contribution in [-0.2, 0) is 4.79 Å². The molecule has 1 amide bonds. The zero-order valence-electron chi connectivity index (χ0n) is 10.0. The largest absolute Gasteiger partial charge is 0.324 e. The quantitative estimate of drug-likeness (QED) is 0.591. The summed E-state index contributed by atoms with van der Waals surface area (Å²) >= 11 is 7.87. The van der Waals surface area contributed by atoms with Gasteiger partial charge in [-0.05, 0) is 34.1 Å². The molecule has 0 unspecified atom stereocenters. The summed E-state index contributed by atoms with van der Waals surface area (Å²) in [6.07, 6.45) is 1.41. The van der Waals surface area contributed by atoms with Crippen molar-refractivity contribution in [3.05, 3.63) is 49.8 Å². The van der Waals surface area contributed by atoms with E-state index in [1.807, 2.05) is 12.1 Å². The number of carbonyl (C=O) groups excluding carboxylic acids is 1. The zero-order chi connectivity index (χ0) is 14.5. The van der Waals surface area contributed by atoms with Gasteiger partial charge in [-0.1, -0.05) is 27.7 Å². The van der Waals surface area contributed by atoms with Gasteiger partial charge in [0, 0.05) is 21.2 Å². The number of nitrogens with zero attached hydrogens (tertiary/aromatic N) is 1. The van der Waals surface area contributed by atoms with Crippen LogP contribution in [-0.4, -0.2) is 21.6 Å². The normalized spacial score (nSPS) is 10.3. The van der Waals surface area contributed by atoms with E-state index in [0.717, 1.165) is 8.95 Å². The van der Waals surface area contributed by atoms with Crippen LogP contribution >= 0.6 is 43.6 Å². The van der Waals surface area contributed by atoms with Gasteiger partial charge in [-0.15, -0.1) is 0 Å². The lowest BCUT2D eigenvalue weighted by Crippen LogP contribution is -2.15. The summed E-state index contributed by atoms with van der Waals surface area (Å²) in [7, 11) is 0. The van der Waals surface area contributed by atoms with E-state index in [-0.39, 0.29) is 17.2 Å². The summed E-state index contributed by atoms with van der Waals surface area (Å²) in [6, 6.07) is 6.83.